The van der Waals surface area contributed by atoms with Crippen LogP contribution >= 0.6 is 0 Å². The van der Waals surface area contributed by atoms with E-state index in [1.807, 2.05) is 0 Å². The number of urea groups is 1. The molecular weight excluding hydrogens is 382 g/mol. The van der Waals surface area contributed by atoms with E-state index in [-0.39, 0.29) is 42.3 Å². The SMILES string of the molecule is CCOC(=O)C1=C(COC(=O)c2[nH]c(C)c(C(=O)OCC)c2C)NC(=O)NC1C. The minimum atomic E-state index is -0.739. The van der Waals surface area contributed by atoms with Crippen LogP contribution in [0.1, 0.15) is 52.9 Å². The summed E-state index contributed by atoms with van der Waals surface area (Å²) in [6.45, 7) is 8.24. The average Bonchev–Trinajstić information content (AvgIpc) is 2.93. The lowest BCUT2D eigenvalue weighted by Crippen LogP contribution is -2.50. The number of aryl methyl sites for hydroxylation is 1. The molecule has 2 amide bonds. The predicted molar refractivity (Wildman–Crippen MR) is 101 cm³/mol. The van der Waals surface area contributed by atoms with Crippen LogP contribution in [0, 0.1) is 13.8 Å². The second-order valence-corrected chi connectivity index (χ2v) is 6.35. The lowest BCUT2D eigenvalue weighted by molar-refractivity contribution is -0.139. The Bertz CT molecular complexity index is 869. The number of amides is 2. The fourth-order valence-electron chi connectivity index (χ4n) is 3.07. The Morgan fingerprint density at radius 1 is 0.966 bits per heavy atom. The molecule has 3 N–H and O–H groups in total. The number of hydrogen-bond donors (Lipinski definition) is 3. The van der Waals surface area contributed by atoms with Crippen molar-refractivity contribution in [1.82, 2.24) is 15.6 Å². The van der Waals surface area contributed by atoms with Gasteiger partial charge in [-0.1, -0.05) is 0 Å². The first-order chi connectivity index (χ1) is 13.7. The summed E-state index contributed by atoms with van der Waals surface area (Å²) in [7, 11) is 0. The molecule has 29 heavy (non-hydrogen) atoms. The van der Waals surface area contributed by atoms with Crippen LogP contribution in [0.25, 0.3) is 0 Å². The zero-order valence-electron chi connectivity index (χ0n) is 17.1. The predicted octanol–water partition coefficient (Wildman–Crippen LogP) is 1.48. The quantitative estimate of drug-likeness (QED) is 0.460. The Balaban J connectivity index is 2.23. The van der Waals surface area contributed by atoms with Gasteiger partial charge in [-0.3, -0.25) is 0 Å². The van der Waals surface area contributed by atoms with Gasteiger partial charge in [0, 0.05) is 5.69 Å². The summed E-state index contributed by atoms with van der Waals surface area (Å²) < 4.78 is 15.3. The molecule has 1 aliphatic heterocycles. The molecule has 1 unspecified atom stereocenters. The van der Waals surface area contributed by atoms with Gasteiger partial charge in [-0.15, -0.1) is 0 Å². The first-order valence-electron chi connectivity index (χ1n) is 9.22. The van der Waals surface area contributed by atoms with E-state index in [1.54, 1.807) is 34.6 Å². The topological polar surface area (TPSA) is 136 Å². The van der Waals surface area contributed by atoms with Gasteiger partial charge >= 0.3 is 23.9 Å². The van der Waals surface area contributed by atoms with Crippen LogP contribution in [0.2, 0.25) is 0 Å². The van der Waals surface area contributed by atoms with Crippen LogP contribution in [0.3, 0.4) is 0 Å². The largest absolute Gasteiger partial charge is 0.463 e. The molecule has 10 heteroatoms. The highest BCUT2D eigenvalue weighted by molar-refractivity contribution is 5.99. The van der Waals surface area contributed by atoms with Crippen molar-refractivity contribution in [1.29, 1.82) is 0 Å². The number of carbonyl (C=O) groups is 4. The Labute approximate surface area is 168 Å². The molecule has 0 spiro atoms. The molecule has 0 radical (unpaired) electrons. The highest BCUT2D eigenvalue weighted by atomic mass is 16.5. The van der Waals surface area contributed by atoms with Crippen LogP contribution in [0.4, 0.5) is 4.79 Å². The molecule has 0 saturated carbocycles. The van der Waals surface area contributed by atoms with Crippen LogP contribution in [0.5, 0.6) is 0 Å². The zero-order chi connectivity index (χ0) is 21.7. The molecule has 0 saturated heterocycles. The number of nitrogens with one attached hydrogen (secondary N) is 3. The molecule has 0 fully saturated rings. The molecule has 0 bridgehead atoms. The number of hydrogen-bond acceptors (Lipinski definition) is 7. The van der Waals surface area contributed by atoms with E-state index < -0.39 is 30.0 Å². The first-order valence-corrected chi connectivity index (χ1v) is 9.22. The van der Waals surface area contributed by atoms with Gasteiger partial charge in [0.2, 0.25) is 0 Å². The molecule has 10 nitrogen and oxygen atoms in total. The molecule has 2 heterocycles. The maximum absolute atomic E-state index is 12.5. The van der Waals surface area contributed by atoms with Gasteiger partial charge in [-0.05, 0) is 40.2 Å². The summed E-state index contributed by atoms with van der Waals surface area (Å²) in [5.74, 6) is -1.89. The highest BCUT2D eigenvalue weighted by Gasteiger charge is 2.31. The van der Waals surface area contributed by atoms with Gasteiger partial charge in [0.25, 0.3) is 0 Å². The van der Waals surface area contributed by atoms with Crippen molar-refractivity contribution in [3.63, 3.8) is 0 Å². The highest BCUT2D eigenvalue weighted by Crippen LogP contribution is 2.21. The van der Waals surface area contributed by atoms with E-state index in [0.717, 1.165) is 0 Å². The number of rotatable bonds is 7. The third-order valence-electron chi connectivity index (χ3n) is 4.33. The lowest BCUT2D eigenvalue weighted by Gasteiger charge is -2.26. The fourth-order valence-corrected chi connectivity index (χ4v) is 3.07. The second kappa shape index (κ2) is 9.26. The summed E-state index contributed by atoms with van der Waals surface area (Å²) in [4.78, 5) is 51.4. The van der Waals surface area contributed by atoms with Crippen LogP contribution in [-0.2, 0) is 19.0 Å². The number of esters is 3. The molecule has 2 rings (SSSR count). The van der Waals surface area contributed by atoms with E-state index in [2.05, 4.69) is 15.6 Å². The Morgan fingerprint density at radius 2 is 1.59 bits per heavy atom. The average molecular weight is 407 g/mol. The van der Waals surface area contributed by atoms with Gasteiger partial charge in [0.05, 0.1) is 36.1 Å². The van der Waals surface area contributed by atoms with E-state index >= 15 is 0 Å². The van der Waals surface area contributed by atoms with Crippen LogP contribution in [0.15, 0.2) is 11.3 Å². The zero-order valence-corrected chi connectivity index (χ0v) is 17.1. The van der Waals surface area contributed by atoms with Crippen molar-refractivity contribution in [2.45, 2.75) is 40.7 Å². The Hall–Kier alpha value is -3.30. The molecular formula is C19H25N3O7. The van der Waals surface area contributed by atoms with Crippen molar-refractivity contribution in [2.24, 2.45) is 0 Å². The fraction of sp³-hybridized carbons (Fsp3) is 0.474. The number of ether oxygens (including phenoxy) is 3. The molecule has 1 aromatic rings. The maximum atomic E-state index is 12.5. The van der Waals surface area contributed by atoms with Crippen molar-refractivity contribution in [3.8, 4) is 0 Å². The second-order valence-electron chi connectivity index (χ2n) is 6.35. The standard InChI is InChI=1S/C19H25N3O7/c1-6-27-16(23)13-9(3)15(20-10(13)4)18(25)29-8-12-14(17(24)28-7-2)11(5)21-19(26)22-12/h11,20H,6-8H2,1-5H3,(H2,21,22,26). The molecule has 158 valence electrons. The summed E-state index contributed by atoms with van der Waals surface area (Å²) in [5.41, 5.74) is 1.55. The van der Waals surface area contributed by atoms with Crippen LogP contribution < -0.4 is 10.6 Å². The summed E-state index contributed by atoms with van der Waals surface area (Å²) in [6.07, 6.45) is 0. The number of aromatic nitrogens is 1. The maximum Gasteiger partial charge on any atom is 0.355 e. The lowest BCUT2D eigenvalue weighted by atomic mass is 10.0. The van der Waals surface area contributed by atoms with Crippen molar-refractivity contribution >= 4 is 23.9 Å². The van der Waals surface area contributed by atoms with Gasteiger partial charge in [0.1, 0.15) is 12.3 Å². The monoisotopic (exact) mass is 407 g/mol. The number of aromatic amines is 1. The van der Waals surface area contributed by atoms with Gasteiger partial charge in [0.15, 0.2) is 0 Å². The Kier molecular flexibility index (Phi) is 7.03. The Morgan fingerprint density at radius 3 is 2.21 bits per heavy atom. The minimum Gasteiger partial charge on any atom is -0.463 e. The molecule has 0 aromatic carbocycles. The van der Waals surface area contributed by atoms with E-state index in [1.165, 1.54) is 0 Å². The van der Waals surface area contributed by atoms with E-state index in [9.17, 15) is 19.2 Å². The van der Waals surface area contributed by atoms with E-state index in [4.69, 9.17) is 14.2 Å². The summed E-state index contributed by atoms with van der Waals surface area (Å²) >= 11 is 0. The van der Waals surface area contributed by atoms with Gasteiger partial charge in [-0.2, -0.15) is 0 Å². The van der Waals surface area contributed by atoms with Gasteiger partial charge < -0.3 is 29.8 Å². The molecule has 1 aliphatic rings. The molecule has 1 aromatic heterocycles. The molecule has 1 atom stereocenters. The normalized spacial score (nSPS) is 16.0. The van der Waals surface area contributed by atoms with E-state index in [0.29, 0.717) is 11.3 Å². The van der Waals surface area contributed by atoms with Crippen molar-refractivity contribution in [2.75, 3.05) is 19.8 Å². The van der Waals surface area contributed by atoms with Gasteiger partial charge in [-0.25, -0.2) is 19.2 Å². The number of H-pyrrole nitrogens is 1. The third-order valence-corrected chi connectivity index (χ3v) is 4.33. The summed E-state index contributed by atoms with van der Waals surface area (Å²) in [6, 6.07) is -1.13. The number of carbonyl (C=O) groups excluding carboxylic acids is 4. The van der Waals surface area contributed by atoms with Crippen molar-refractivity contribution in [3.05, 3.63) is 33.8 Å². The third kappa shape index (κ3) is 4.76. The molecule has 0 aliphatic carbocycles. The first kappa shape index (κ1) is 22.0. The van der Waals surface area contributed by atoms with Crippen LogP contribution in [-0.4, -0.2) is 54.8 Å². The summed E-state index contributed by atoms with van der Waals surface area (Å²) in [5, 5.41) is 5.03. The smallest absolute Gasteiger partial charge is 0.355 e. The minimum absolute atomic E-state index is 0.0946. The van der Waals surface area contributed by atoms with Crippen molar-refractivity contribution < 1.29 is 33.4 Å².